The molecule has 32 heavy (non-hydrogen) atoms. The monoisotopic (exact) mass is 442 g/mol. The van der Waals surface area contributed by atoms with Crippen LogP contribution in [0.2, 0.25) is 0 Å². The average Bonchev–Trinajstić information content (AvgIpc) is 3.27. The third-order valence-corrected chi connectivity index (χ3v) is 6.35. The molecule has 1 amide bonds. The Morgan fingerprint density at radius 1 is 1.28 bits per heavy atom. The molecule has 4 rings (SSSR count). The van der Waals surface area contributed by atoms with Gasteiger partial charge < -0.3 is 23.5 Å². The van der Waals surface area contributed by atoms with Crippen LogP contribution >= 0.6 is 0 Å². The Bertz CT molecular complexity index is 901. The lowest BCUT2D eigenvalue weighted by molar-refractivity contribution is -0.156. The molecule has 1 unspecified atom stereocenters. The zero-order chi connectivity index (χ0) is 22.6. The molecule has 0 N–H and O–H groups in total. The highest BCUT2D eigenvalue weighted by Gasteiger charge is 2.42. The largest absolute Gasteiger partial charge is 0.443 e. The quantitative estimate of drug-likeness (QED) is 0.597. The zero-order valence-corrected chi connectivity index (χ0v) is 19.3. The fourth-order valence-electron chi connectivity index (χ4n) is 4.63. The fraction of sp³-hybridized carbons (Fsp3) is 0.600. The van der Waals surface area contributed by atoms with Crippen LogP contribution in [-0.4, -0.2) is 66.5 Å². The molecular formula is C25H34N2O5. The van der Waals surface area contributed by atoms with Crippen molar-refractivity contribution < 1.29 is 23.4 Å². The Hall–Kier alpha value is -2.22. The predicted molar refractivity (Wildman–Crippen MR) is 121 cm³/mol. The number of likely N-dealkylation sites (tertiary alicyclic amines) is 1. The topological polar surface area (TPSA) is 74.0 Å². The molecule has 7 heteroatoms. The summed E-state index contributed by atoms with van der Waals surface area (Å²) >= 11 is 0. The van der Waals surface area contributed by atoms with Crippen LogP contribution < -0.4 is 0 Å². The van der Waals surface area contributed by atoms with E-state index >= 15 is 0 Å². The summed E-state index contributed by atoms with van der Waals surface area (Å²) in [6, 6.07) is 7.92. The molecule has 3 heterocycles. The average molecular weight is 443 g/mol. The highest BCUT2D eigenvalue weighted by molar-refractivity contribution is 5.97. The number of amides is 1. The SMILES string of the molecule is Cc1cccc(-c2ocnc2C(=O)N2CCC3(CC2)CC(OCCOC(C)C)CCO3)c1. The van der Waals surface area contributed by atoms with Gasteiger partial charge in [0.15, 0.2) is 17.8 Å². The van der Waals surface area contributed by atoms with Crippen molar-refractivity contribution in [2.75, 3.05) is 32.9 Å². The molecule has 2 fully saturated rings. The van der Waals surface area contributed by atoms with E-state index in [1.54, 1.807) is 0 Å². The second-order valence-electron chi connectivity index (χ2n) is 9.13. The minimum Gasteiger partial charge on any atom is -0.443 e. The molecule has 0 bridgehead atoms. The highest BCUT2D eigenvalue weighted by atomic mass is 16.5. The van der Waals surface area contributed by atoms with Crippen molar-refractivity contribution in [2.45, 2.75) is 64.3 Å². The van der Waals surface area contributed by atoms with Crippen molar-refractivity contribution in [1.29, 1.82) is 0 Å². The van der Waals surface area contributed by atoms with Crippen molar-refractivity contribution in [3.05, 3.63) is 41.9 Å². The first-order valence-corrected chi connectivity index (χ1v) is 11.6. The Kier molecular flexibility index (Phi) is 7.28. The van der Waals surface area contributed by atoms with Crippen LogP contribution in [-0.2, 0) is 14.2 Å². The Morgan fingerprint density at radius 2 is 2.09 bits per heavy atom. The standard InChI is InChI=1S/C25H34N2O5/c1-18(2)29-13-14-30-21-7-12-32-25(16-21)8-10-27(11-9-25)24(28)22-23(31-17-26-22)20-6-4-5-19(3)15-20/h4-6,15,17-18,21H,7-14,16H2,1-3H3. The number of piperidine rings is 1. The summed E-state index contributed by atoms with van der Waals surface area (Å²) < 4.78 is 23.5. The fourth-order valence-corrected chi connectivity index (χ4v) is 4.63. The van der Waals surface area contributed by atoms with E-state index in [2.05, 4.69) is 4.98 Å². The van der Waals surface area contributed by atoms with Gasteiger partial charge in [0.1, 0.15) is 0 Å². The van der Waals surface area contributed by atoms with Gasteiger partial charge in [-0.2, -0.15) is 0 Å². The van der Waals surface area contributed by atoms with Crippen molar-refractivity contribution >= 4 is 5.91 Å². The number of benzene rings is 1. The van der Waals surface area contributed by atoms with Crippen molar-refractivity contribution in [1.82, 2.24) is 9.88 Å². The number of hydrogen-bond acceptors (Lipinski definition) is 6. The summed E-state index contributed by atoms with van der Waals surface area (Å²) in [5, 5.41) is 0. The first-order valence-electron chi connectivity index (χ1n) is 11.6. The summed E-state index contributed by atoms with van der Waals surface area (Å²) in [6.07, 6.45) is 5.14. The van der Waals surface area contributed by atoms with Crippen LogP contribution in [0.1, 0.15) is 55.6 Å². The van der Waals surface area contributed by atoms with E-state index in [9.17, 15) is 4.79 Å². The third kappa shape index (κ3) is 5.39. The smallest absolute Gasteiger partial charge is 0.276 e. The maximum Gasteiger partial charge on any atom is 0.276 e. The third-order valence-electron chi connectivity index (χ3n) is 6.35. The normalized spacial score (nSPS) is 20.8. The summed E-state index contributed by atoms with van der Waals surface area (Å²) in [5.74, 6) is 0.449. The van der Waals surface area contributed by atoms with Gasteiger partial charge in [-0.1, -0.05) is 23.8 Å². The molecule has 2 saturated heterocycles. The van der Waals surface area contributed by atoms with Gasteiger partial charge in [0, 0.05) is 31.7 Å². The molecule has 174 valence electrons. The van der Waals surface area contributed by atoms with Crippen molar-refractivity contribution in [2.24, 2.45) is 0 Å². The Morgan fingerprint density at radius 3 is 2.84 bits per heavy atom. The van der Waals surface area contributed by atoms with Crippen molar-refractivity contribution in [3.63, 3.8) is 0 Å². The first-order chi connectivity index (χ1) is 15.5. The molecular weight excluding hydrogens is 408 g/mol. The van der Waals surface area contributed by atoms with Crippen LogP contribution in [0.5, 0.6) is 0 Å². The maximum atomic E-state index is 13.2. The molecule has 1 aromatic carbocycles. The molecule has 2 aliphatic heterocycles. The summed E-state index contributed by atoms with van der Waals surface area (Å²) in [6.45, 7) is 9.28. The Balaban J connectivity index is 1.34. The lowest BCUT2D eigenvalue weighted by atomic mass is 9.83. The van der Waals surface area contributed by atoms with E-state index < -0.39 is 0 Å². The van der Waals surface area contributed by atoms with Gasteiger partial charge in [-0.25, -0.2) is 4.98 Å². The second-order valence-corrected chi connectivity index (χ2v) is 9.13. The first kappa shape index (κ1) is 23.0. The van der Waals surface area contributed by atoms with Crippen LogP contribution in [0.25, 0.3) is 11.3 Å². The molecule has 0 aliphatic carbocycles. The molecule has 1 spiro atoms. The highest BCUT2D eigenvalue weighted by Crippen LogP contribution is 2.37. The van der Waals surface area contributed by atoms with Crippen LogP contribution in [0.3, 0.4) is 0 Å². The van der Waals surface area contributed by atoms with E-state index in [1.807, 2.05) is 49.9 Å². The van der Waals surface area contributed by atoms with Crippen molar-refractivity contribution in [3.8, 4) is 11.3 Å². The number of carbonyl (C=O) groups excluding carboxylic acids is 1. The van der Waals surface area contributed by atoms with Gasteiger partial charge in [0.2, 0.25) is 0 Å². The molecule has 7 nitrogen and oxygen atoms in total. The maximum absolute atomic E-state index is 13.2. The summed E-state index contributed by atoms with van der Waals surface area (Å²) in [5.41, 5.74) is 2.15. The van der Waals surface area contributed by atoms with Crippen LogP contribution in [0.4, 0.5) is 0 Å². The number of rotatable bonds is 7. The lowest BCUT2D eigenvalue weighted by Crippen LogP contribution is -2.52. The molecule has 1 aromatic heterocycles. The van der Waals surface area contributed by atoms with Gasteiger partial charge in [0.25, 0.3) is 5.91 Å². The van der Waals surface area contributed by atoms with Crippen LogP contribution in [0.15, 0.2) is 35.1 Å². The minimum absolute atomic E-state index is 0.0838. The number of nitrogens with zero attached hydrogens (tertiary/aromatic N) is 2. The van der Waals surface area contributed by atoms with Gasteiger partial charge in [0.05, 0.1) is 31.0 Å². The second kappa shape index (κ2) is 10.1. The molecule has 1 atom stereocenters. The zero-order valence-electron chi connectivity index (χ0n) is 19.3. The predicted octanol–water partition coefficient (Wildman–Crippen LogP) is 4.25. The molecule has 2 aromatic rings. The summed E-state index contributed by atoms with van der Waals surface area (Å²) in [4.78, 5) is 19.3. The van der Waals surface area contributed by atoms with E-state index in [0.29, 0.717) is 44.4 Å². The lowest BCUT2D eigenvalue weighted by Gasteiger charge is -2.46. The minimum atomic E-state index is -0.207. The van der Waals surface area contributed by atoms with Gasteiger partial charge in [-0.3, -0.25) is 4.79 Å². The van der Waals surface area contributed by atoms with E-state index in [1.165, 1.54) is 6.39 Å². The number of aryl methyl sites for hydroxylation is 1. The van der Waals surface area contributed by atoms with E-state index in [4.69, 9.17) is 18.6 Å². The molecule has 0 saturated carbocycles. The summed E-state index contributed by atoms with van der Waals surface area (Å²) in [7, 11) is 0. The Labute approximate surface area is 190 Å². The van der Waals surface area contributed by atoms with Gasteiger partial charge >= 0.3 is 0 Å². The number of oxazole rings is 1. The number of carbonyl (C=O) groups is 1. The van der Waals surface area contributed by atoms with E-state index in [-0.39, 0.29) is 23.7 Å². The number of hydrogen-bond donors (Lipinski definition) is 0. The number of aromatic nitrogens is 1. The van der Waals surface area contributed by atoms with Crippen LogP contribution in [0, 0.1) is 6.92 Å². The number of ether oxygens (including phenoxy) is 3. The van der Waals surface area contributed by atoms with Gasteiger partial charge in [-0.05, 0) is 46.1 Å². The molecule has 0 radical (unpaired) electrons. The molecule has 2 aliphatic rings. The van der Waals surface area contributed by atoms with E-state index in [0.717, 1.165) is 36.8 Å². The van der Waals surface area contributed by atoms with Gasteiger partial charge in [-0.15, -0.1) is 0 Å².